The van der Waals surface area contributed by atoms with Crippen LogP contribution in [0.5, 0.6) is 0 Å². The average Bonchev–Trinajstić information content (AvgIpc) is 2.71. The maximum absolute atomic E-state index is 12.2. The number of amides is 1. The lowest BCUT2D eigenvalue weighted by Gasteiger charge is -2.23. The van der Waals surface area contributed by atoms with Gasteiger partial charge in [0.1, 0.15) is 0 Å². The van der Waals surface area contributed by atoms with E-state index in [1.807, 2.05) is 6.92 Å². The minimum atomic E-state index is -0.268. The fourth-order valence-corrected chi connectivity index (χ4v) is 4.07. The number of alkyl halides is 2. The second-order valence-electron chi connectivity index (χ2n) is 5.73. The molecular weight excluding hydrogens is 346 g/mol. The molecule has 0 spiro atoms. The molecule has 17 heavy (non-hydrogen) atoms. The predicted octanol–water partition coefficient (Wildman–Crippen LogP) is 4.11. The van der Waals surface area contributed by atoms with E-state index >= 15 is 0 Å². The van der Waals surface area contributed by atoms with Gasteiger partial charge in [-0.05, 0) is 26.2 Å². The minimum absolute atomic E-state index is 0.168. The average molecular weight is 367 g/mol. The van der Waals surface area contributed by atoms with E-state index in [0.717, 1.165) is 19.3 Å². The third-order valence-corrected chi connectivity index (χ3v) is 6.51. The van der Waals surface area contributed by atoms with Gasteiger partial charge < -0.3 is 5.32 Å². The van der Waals surface area contributed by atoms with Gasteiger partial charge in [0.25, 0.3) is 0 Å². The highest BCUT2D eigenvalue weighted by Crippen LogP contribution is 2.66. The van der Waals surface area contributed by atoms with E-state index in [4.69, 9.17) is 0 Å². The summed E-state index contributed by atoms with van der Waals surface area (Å²) in [6, 6.07) is 0.399. The number of rotatable bonds is 2. The van der Waals surface area contributed by atoms with Crippen LogP contribution in [0, 0.1) is 5.41 Å². The van der Waals surface area contributed by atoms with Gasteiger partial charge in [-0.1, -0.05) is 64.0 Å². The van der Waals surface area contributed by atoms with Crippen LogP contribution in [-0.4, -0.2) is 15.2 Å². The molecule has 2 nitrogen and oxygen atoms in total. The first kappa shape index (κ1) is 13.9. The van der Waals surface area contributed by atoms with Crippen molar-refractivity contribution >= 4 is 37.8 Å². The summed E-state index contributed by atoms with van der Waals surface area (Å²) in [5.74, 6) is 0.205. The lowest BCUT2D eigenvalue weighted by atomic mass is 9.96. The van der Waals surface area contributed by atoms with Crippen molar-refractivity contribution < 1.29 is 4.79 Å². The second-order valence-corrected chi connectivity index (χ2v) is 9.50. The summed E-state index contributed by atoms with van der Waals surface area (Å²) < 4.78 is -0.168. The summed E-state index contributed by atoms with van der Waals surface area (Å²) in [7, 11) is 0. The summed E-state index contributed by atoms with van der Waals surface area (Å²) >= 11 is 7.12. The summed E-state index contributed by atoms with van der Waals surface area (Å²) in [5.41, 5.74) is -0.268. The first-order valence-electron chi connectivity index (χ1n) is 6.64. The van der Waals surface area contributed by atoms with E-state index in [1.54, 1.807) is 0 Å². The van der Waals surface area contributed by atoms with Crippen LogP contribution in [0.3, 0.4) is 0 Å². The van der Waals surface area contributed by atoms with E-state index in [0.29, 0.717) is 6.04 Å². The Labute approximate surface area is 121 Å². The van der Waals surface area contributed by atoms with Gasteiger partial charge in [-0.2, -0.15) is 0 Å². The van der Waals surface area contributed by atoms with Crippen LogP contribution in [0.1, 0.15) is 58.3 Å². The van der Waals surface area contributed by atoms with Crippen LogP contribution in [0.2, 0.25) is 0 Å². The lowest BCUT2D eigenvalue weighted by molar-refractivity contribution is -0.126. The van der Waals surface area contributed by atoms with Gasteiger partial charge in [-0.15, -0.1) is 0 Å². The van der Waals surface area contributed by atoms with Crippen molar-refractivity contribution in [2.45, 2.75) is 67.6 Å². The Morgan fingerprint density at radius 1 is 1.12 bits per heavy atom. The van der Waals surface area contributed by atoms with E-state index in [9.17, 15) is 4.79 Å². The molecule has 1 amide bonds. The Bertz CT molecular complexity index is 298. The highest BCUT2D eigenvalue weighted by Gasteiger charge is 2.66. The molecule has 2 aliphatic rings. The molecule has 0 radical (unpaired) electrons. The molecule has 1 atom stereocenters. The van der Waals surface area contributed by atoms with Gasteiger partial charge in [0.05, 0.1) is 8.65 Å². The molecule has 2 saturated carbocycles. The molecule has 0 aromatic carbocycles. The Kier molecular flexibility index (Phi) is 4.24. The molecule has 1 unspecified atom stereocenters. The zero-order chi connectivity index (χ0) is 12.5. The van der Waals surface area contributed by atoms with Gasteiger partial charge in [0.15, 0.2) is 0 Å². The number of hydrogen-bond acceptors (Lipinski definition) is 1. The molecule has 2 aliphatic carbocycles. The summed E-state index contributed by atoms with van der Waals surface area (Å²) in [6.45, 7) is 2.02. The summed E-state index contributed by atoms with van der Waals surface area (Å²) in [6.07, 6.45) is 9.71. The Morgan fingerprint density at radius 2 is 1.59 bits per heavy atom. The molecular formula is C13H21Br2NO. The van der Waals surface area contributed by atoms with Crippen molar-refractivity contribution in [1.82, 2.24) is 5.32 Å². The van der Waals surface area contributed by atoms with Gasteiger partial charge >= 0.3 is 0 Å². The fourth-order valence-electron chi connectivity index (χ4n) is 2.59. The van der Waals surface area contributed by atoms with Gasteiger partial charge in [0, 0.05) is 6.04 Å². The highest BCUT2D eigenvalue weighted by atomic mass is 79.9. The molecule has 1 N–H and O–H groups in total. The van der Waals surface area contributed by atoms with Crippen molar-refractivity contribution in [3.05, 3.63) is 0 Å². The van der Waals surface area contributed by atoms with Crippen LogP contribution in [0.15, 0.2) is 0 Å². The monoisotopic (exact) mass is 365 g/mol. The smallest absolute Gasteiger partial charge is 0.228 e. The van der Waals surface area contributed by atoms with Gasteiger partial charge in [0.2, 0.25) is 5.91 Å². The molecule has 2 rings (SSSR count). The molecule has 0 aliphatic heterocycles. The van der Waals surface area contributed by atoms with E-state index in [2.05, 4.69) is 37.2 Å². The van der Waals surface area contributed by atoms with Crippen molar-refractivity contribution in [3.8, 4) is 0 Å². The molecule has 0 aromatic rings. The van der Waals surface area contributed by atoms with Crippen LogP contribution in [0.25, 0.3) is 0 Å². The predicted molar refractivity (Wildman–Crippen MR) is 77.6 cm³/mol. The zero-order valence-corrected chi connectivity index (χ0v) is 13.6. The quantitative estimate of drug-likeness (QED) is 0.732. The largest absolute Gasteiger partial charge is 0.353 e. The normalized spacial score (nSPS) is 33.6. The third kappa shape index (κ3) is 3.06. The molecule has 0 saturated heterocycles. The SMILES string of the molecule is CC1(C(=O)NC2CCCCCCC2)CC1(Br)Br. The van der Waals surface area contributed by atoms with Crippen LogP contribution < -0.4 is 5.32 Å². The molecule has 4 heteroatoms. The first-order chi connectivity index (χ1) is 7.96. The molecule has 2 fully saturated rings. The van der Waals surface area contributed by atoms with Crippen molar-refractivity contribution in [3.63, 3.8) is 0 Å². The van der Waals surface area contributed by atoms with Gasteiger partial charge in [-0.3, -0.25) is 4.79 Å². The summed E-state index contributed by atoms with van der Waals surface area (Å²) in [4.78, 5) is 12.2. The zero-order valence-electron chi connectivity index (χ0n) is 10.4. The minimum Gasteiger partial charge on any atom is -0.353 e. The summed E-state index contributed by atoms with van der Waals surface area (Å²) in [5, 5.41) is 3.25. The molecule has 98 valence electrons. The van der Waals surface area contributed by atoms with Crippen molar-refractivity contribution in [2.24, 2.45) is 5.41 Å². The third-order valence-electron chi connectivity index (χ3n) is 4.20. The molecule has 0 bridgehead atoms. The second kappa shape index (κ2) is 5.20. The van der Waals surface area contributed by atoms with E-state index in [-0.39, 0.29) is 14.6 Å². The van der Waals surface area contributed by atoms with Gasteiger partial charge in [-0.25, -0.2) is 0 Å². The number of carbonyl (C=O) groups excluding carboxylic acids is 1. The van der Waals surface area contributed by atoms with Crippen molar-refractivity contribution in [1.29, 1.82) is 0 Å². The Balaban J connectivity index is 1.85. The number of halogens is 2. The highest BCUT2D eigenvalue weighted by molar-refractivity contribution is 9.25. The topological polar surface area (TPSA) is 29.1 Å². The van der Waals surface area contributed by atoms with E-state index < -0.39 is 0 Å². The Morgan fingerprint density at radius 3 is 2.06 bits per heavy atom. The molecule has 0 heterocycles. The fraction of sp³-hybridized carbons (Fsp3) is 0.923. The first-order valence-corrected chi connectivity index (χ1v) is 8.23. The number of nitrogens with one attached hydrogen (secondary N) is 1. The van der Waals surface area contributed by atoms with Crippen LogP contribution in [-0.2, 0) is 4.79 Å². The molecule has 0 aromatic heterocycles. The standard InChI is InChI=1S/C13H21Br2NO/c1-12(9-13(12,14)15)11(17)16-10-7-5-3-2-4-6-8-10/h10H,2-9H2,1H3,(H,16,17). The van der Waals surface area contributed by atoms with E-state index in [1.165, 1.54) is 32.1 Å². The maximum Gasteiger partial charge on any atom is 0.228 e. The number of carbonyl (C=O) groups is 1. The van der Waals surface area contributed by atoms with Crippen LogP contribution >= 0.6 is 31.9 Å². The lowest BCUT2D eigenvalue weighted by Crippen LogP contribution is -2.40. The number of hydrogen-bond donors (Lipinski definition) is 1. The van der Waals surface area contributed by atoms with Crippen LogP contribution in [0.4, 0.5) is 0 Å². The van der Waals surface area contributed by atoms with Crippen molar-refractivity contribution in [2.75, 3.05) is 0 Å². The Hall–Kier alpha value is 0.430. The maximum atomic E-state index is 12.2.